The lowest BCUT2D eigenvalue weighted by Gasteiger charge is -2.13. The summed E-state index contributed by atoms with van der Waals surface area (Å²) in [4.78, 5) is 0. The molecule has 6 heteroatoms. The van der Waals surface area contributed by atoms with Crippen LogP contribution in [0.4, 0.5) is 4.39 Å². The molecule has 2 N–H and O–H groups in total. The first-order valence-electron chi connectivity index (χ1n) is 6.24. The fourth-order valence-electron chi connectivity index (χ4n) is 1.80. The zero-order valence-electron chi connectivity index (χ0n) is 10.9. The van der Waals surface area contributed by atoms with Crippen molar-refractivity contribution in [2.45, 2.75) is 32.2 Å². The lowest BCUT2D eigenvalue weighted by Crippen LogP contribution is -2.24. The molecule has 0 amide bonds. The van der Waals surface area contributed by atoms with E-state index in [9.17, 15) is 12.8 Å². The van der Waals surface area contributed by atoms with Crippen LogP contribution in [0.2, 0.25) is 5.02 Å². The molecule has 0 aliphatic heterocycles. The van der Waals surface area contributed by atoms with Gasteiger partial charge in [0.1, 0.15) is 15.7 Å². The van der Waals surface area contributed by atoms with Gasteiger partial charge in [0, 0.05) is 22.4 Å². The SMILES string of the molecule is CCS(=O)(=O)CCCC(N)Cc1c(F)cccc1Cl. The van der Waals surface area contributed by atoms with E-state index in [0.29, 0.717) is 29.8 Å². The Labute approximate surface area is 118 Å². The summed E-state index contributed by atoms with van der Waals surface area (Å²) >= 11 is 5.91. The third-order valence-corrected chi connectivity index (χ3v) is 5.14. The van der Waals surface area contributed by atoms with Crippen LogP contribution in [0.5, 0.6) is 0 Å². The molecule has 1 aromatic rings. The molecule has 0 saturated heterocycles. The summed E-state index contributed by atoms with van der Waals surface area (Å²) in [6.45, 7) is 1.62. The predicted molar refractivity (Wildman–Crippen MR) is 76.7 cm³/mol. The van der Waals surface area contributed by atoms with Gasteiger partial charge in [-0.3, -0.25) is 0 Å². The van der Waals surface area contributed by atoms with Crippen molar-refractivity contribution in [1.29, 1.82) is 0 Å². The van der Waals surface area contributed by atoms with Crippen LogP contribution in [0, 0.1) is 5.82 Å². The highest BCUT2D eigenvalue weighted by Gasteiger charge is 2.13. The summed E-state index contributed by atoms with van der Waals surface area (Å²) in [6, 6.07) is 4.21. The number of benzene rings is 1. The van der Waals surface area contributed by atoms with Gasteiger partial charge in [0.25, 0.3) is 0 Å². The standard InChI is InChI=1S/C13H19ClFNO2S/c1-2-19(17,18)8-4-5-10(16)9-11-12(14)6-3-7-13(11)15/h3,6-7,10H,2,4-5,8-9,16H2,1H3. The second-order valence-corrected chi connectivity index (χ2v) is 7.42. The summed E-state index contributed by atoms with van der Waals surface area (Å²) < 4.78 is 36.2. The van der Waals surface area contributed by atoms with E-state index in [-0.39, 0.29) is 23.4 Å². The molecule has 108 valence electrons. The highest BCUT2D eigenvalue weighted by atomic mass is 35.5. The van der Waals surface area contributed by atoms with Crippen LogP contribution in [0.1, 0.15) is 25.3 Å². The second kappa shape index (κ2) is 7.22. The van der Waals surface area contributed by atoms with Gasteiger partial charge in [-0.05, 0) is 31.4 Å². The van der Waals surface area contributed by atoms with Gasteiger partial charge in [0.2, 0.25) is 0 Å². The van der Waals surface area contributed by atoms with Gasteiger partial charge in [0.15, 0.2) is 0 Å². The number of halogens is 2. The van der Waals surface area contributed by atoms with E-state index >= 15 is 0 Å². The molecule has 0 aromatic heterocycles. The van der Waals surface area contributed by atoms with Gasteiger partial charge in [-0.15, -0.1) is 0 Å². The summed E-state index contributed by atoms with van der Waals surface area (Å²) in [7, 11) is -2.96. The first kappa shape index (κ1) is 16.4. The second-order valence-electron chi connectivity index (χ2n) is 4.54. The van der Waals surface area contributed by atoms with E-state index < -0.39 is 9.84 Å². The lowest BCUT2D eigenvalue weighted by molar-refractivity contribution is 0.555. The molecule has 19 heavy (non-hydrogen) atoms. The molecule has 1 rings (SSSR count). The molecule has 1 aromatic carbocycles. The predicted octanol–water partition coefficient (Wildman–Crippen LogP) is 2.56. The van der Waals surface area contributed by atoms with Crippen molar-refractivity contribution >= 4 is 21.4 Å². The number of nitrogens with two attached hydrogens (primary N) is 1. The van der Waals surface area contributed by atoms with Crippen LogP contribution in [-0.2, 0) is 16.3 Å². The third-order valence-electron chi connectivity index (χ3n) is 3.00. The first-order chi connectivity index (χ1) is 8.85. The normalized spacial score (nSPS) is 13.5. The summed E-state index contributed by atoms with van der Waals surface area (Å²) in [5.41, 5.74) is 6.29. The summed E-state index contributed by atoms with van der Waals surface area (Å²) in [5, 5.41) is 0.358. The van der Waals surface area contributed by atoms with E-state index in [1.54, 1.807) is 19.1 Å². The molecule has 1 unspecified atom stereocenters. The molecular formula is C13H19ClFNO2S. The molecule has 1 atom stereocenters. The largest absolute Gasteiger partial charge is 0.327 e. The van der Waals surface area contributed by atoms with E-state index in [2.05, 4.69) is 0 Å². The van der Waals surface area contributed by atoms with Crippen molar-refractivity contribution < 1.29 is 12.8 Å². The molecular weight excluding hydrogens is 289 g/mol. The van der Waals surface area contributed by atoms with Gasteiger partial charge >= 0.3 is 0 Å². The minimum absolute atomic E-state index is 0.127. The Morgan fingerprint density at radius 3 is 2.68 bits per heavy atom. The van der Waals surface area contributed by atoms with E-state index in [0.717, 1.165) is 0 Å². The third kappa shape index (κ3) is 5.47. The maximum absolute atomic E-state index is 13.5. The minimum atomic E-state index is -2.96. The van der Waals surface area contributed by atoms with Crippen LogP contribution in [0.25, 0.3) is 0 Å². The van der Waals surface area contributed by atoms with Crippen molar-refractivity contribution in [3.05, 3.63) is 34.6 Å². The monoisotopic (exact) mass is 307 g/mol. The number of hydrogen-bond acceptors (Lipinski definition) is 3. The zero-order valence-corrected chi connectivity index (χ0v) is 12.5. The van der Waals surface area contributed by atoms with E-state index in [1.807, 2.05) is 0 Å². The number of hydrogen-bond donors (Lipinski definition) is 1. The molecule has 0 bridgehead atoms. The Kier molecular flexibility index (Phi) is 6.23. The van der Waals surface area contributed by atoms with E-state index in [1.165, 1.54) is 6.07 Å². The molecule has 0 aliphatic carbocycles. The van der Waals surface area contributed by atoms with Crippen LogP contribution >= 0.6 is 11.6 Å². The van der Waals surface area contributed by atoms with Crippen LogP contribution in [0.15, 0.2) is 18.2 Å². The lowest BCUT2D eigenvalue weighted by atomic mass is 10.0. The molecule has 0 radical (unpaired) electrons. The Morgan fingerprint density at radius 2 is 2.11 bits per heavy atom. The quantitative estimate of drug-likeness (QED) is 0.842. The fourth-order valence-corrected chi connectivity index (χ4v) is 2.94. The van der Waals surface area contributed by atoms with Crippen molar-refractivity contribution in [3.8, 4) is 0 Å². The maximum atomic E-state index is 13.5. The molecule has 0 saturated carbocycles. The topological polar surface area (TPSA) is 60.2 Å². The molecule has 0 spiro atoms. The molecule has 3 nitrogen and oxygen atoms in total. The van der Waals surface area contributed by atoms with Crippen molar-refractivity contribution in [2.75, 3.05) is 11.5 Å². The van der Waals surface area contributed by atoms with Crippen molar-refractivity contribution in [1.82, 2.24) is 0 Å². The van der Waals surface area contributed by atoms with Crippen LogP contribution in [-0.4, -0.2) is 26.0 Å². The van der Waals surface area contributed by atoms with Gasteiger partial charge < -0.3 is 5.73 Å². The highest BCUT2D eigenvalue weighted by Crippen LogP contribution is 2.21. The van der Waals surface area contributed by atoms with Gasteiger partial charge in [-0.1, -0.05) is 24.6 Å². The maximum Gasteiger partial charge on any atom is 0.150 e. The summed E-state index contributed by atoms with van der Waals surface area (Å²) in [6.07, 6.45) is 1.34. The van der Waals surface area contributed by atoms with Crippen LogP contribution in [0.3, 0.4) is 0 Å². The van der Waals surface area contributed by atoms with Gasteiger partial charge in [-0.25, -0.2) is 12.8 Å². The smallest absolute Gasteiger partial charge is 0.150 e. The van der Waals surface area contributed by atoms with Crippen molar-refractivity contribution in [3.63, 3.8) is 0 Å². The molecule has 0 fully saturated rings. The zero-order chi connectivity index (χ0) is 14.5. The van der Waals surface area contributed by atoms with Gasteiger partial charge in [0.05, 0.1) is 5.75 Å². The Morgan fingerprint density at radius 1 is 1.42 bits per heavy atom. The molecule has 0 aliphatic rings. The minimum Gasteiger partial charge on any atom is -0.327 e. The number of rotatable bonds is 7. The van der Waals surface area contributed by atoms with Crippen LogP contribution < -0.4 is 5.73 Å². The Bertz CT molecular complexity index is 499. The number of sulfone groups is 1. The van der Waals surface area contributed by atoms with Crippen molar-refractivity contribution in [2.24, 2.45) is 5.73 Å². The van der Waals surface area contributed by atoms with Gasteiger partial charge in [-0.2, -0.15) is 0 Å². The average Bonchev–Trinajstić information content (AvgIpc) is 2.34. The van der Waals surface area contributed by atoms with E-state index in [4.69, 9.17) is 17.3 Å². The Balaban J connectivity index is 2.50. The fraction of sp³-hybridized carbons (Fsp3) is 0.538. The molecule has 0 heterocycles. The Hall–Kier alpha value is -0.650. The average molecular weight is 308 g/mol. The highest BCUT2D eigenvalue weighted by molar-refractivity contribution is 7.91. The first-order valence-corrected chi connectivity index (χ1v) is 8.44. The summed E-state index contributed by atoms with van der Waals surface area (Å²) in [5.74, 6) is -0.104.